The summed E-state index contributed by atoms with van der Waals surface area (Å²) in [5.74, 6) is -0.0333. The quantitative estimate of drug-likeness (QED) is 0.773. The van der Waals surface area contributed by atoms with E-state index in [1.165, 1.54) is 19.3 Å². The number of carbonyl (C=O) groups excluding carboxylic acids is 1. The Bertz CT molecular complexity index is 712. The molecule has 1 unspecified atom stereocenters. The number of aryl methyl sites for hydroxylation is 1. The number of amides is 1. The molecule has 1 amide bonds. The lowest BCUT2D eigenvalue weighted by Crippen LogP contribution is -2.40. The van der Waals surface area contributed by atoms with Gasteiger partial charge in [-0.1, -0.05) is 53.9 Å². The number of nitrogens with one attached hydrogen (secondary N) is 1. The standard InChI is InChI=1S/C21H25ClN2O.ClH/c1-16-9-11-17(12-10-16)21(25)23-15-20(24-13-5-2-6-14-24)18-7-3-4-8-19(18)22;/h3-4,7-12,20H,2,5-6,13-15H2,1H3,(H,23,25);1H. The third kappa shape index (κ3) is 5.23. The van der Waals surface area contributed by atoms with Crippen LogP contribution in [-0.2, 0) is 0 Å². The molecule has 3 nitrogen and oxygen atoms in total. The fourth-order valence-electron chi connectivity index (χ4n) is 3.41. The smallest absolute Gasteiger partial charge is 0.251 e. The number of hydrogen-bond acceptors (Lipinski definition) is 2. The fourth-order valence-corrected chi connectivity index (χ4v) is 3.67. The molecular formula is C21H26Cl2N2O. The molecule has 1 saturated heterocycles. The fraction of sp³-hybridized carbons (Fsp3) is 0.381. The predicted octanol–water partition coefficient (Wildman–Crippen LogP) is 5.03. The van der Waals surface area contributed by atoms with Crippen molar-refractivity contribution in [1.82, 2.24) is 10.2 Å². The lowest BCUT2D eigenvalue weighted by Gasteiger charge is -2.35. The molecule has 2 aromatic carbocycles. The van der Waals surface area contributed by atoms with E-state index < -0.39 is 0 Å². The minimum Gasteiger partial charge on any atom is -0.350 e. The molecule has 140 valence electrons. The zero-order valence-electron chi connectivity index (χ0n) is 15.1. The van der Waals surface area contributed by atoms with Crippen LogP contribution in [0.4, 0.5) is 0 Å². The molecule has 0 aromatic heterocycles. The van der Waals surface area contributed by atoms with E-state index in [1.54, 1.807) is 0 Å². The predicted molar refractivity (Wildman–Crippen MR) is 110 cm³/mol. The van der Waals surface area contributed by atoms with Crippen LogP contribution in [0, 0.1) is 6.92 Å². The summed E-state index contributed by atoms with van der Waals surface area (Å²) in [7, 11) is 0. The number of nitrogens with zero attached hydrogens (tertiary/aromatic N) is 1. The number of halogens is 2. The van der Waals surface area contributed by atoms with Gasteiger partial charge in [0.25, 0.3) is 5.91 Å². The van der Waals surface area contributed by atoms with Crippen molar-refractivity contribution >= 4 is 29.9 Å². The first-order valence-corrected chi connectivity index (χ1v) is 9.36. The molecule has 1 fully saturated rings. The molecule has 1 atom stereocenters. The number of piperidine rings is 1. The van der Waals surface area contributed by atoms with E-state index in [4.69, 9.17) is 11.6 Å². The molecule has 0 saturated carbocycles. The average molecular weight is 393 g/mol. The first-order chi connectivity index (χ1) is 12.1. The summed E-state index contributed by atoms with van der Waals surface area (Å²) in [6.45, 7) is 4.69. The minimum absolute atomic E-state index is 0. The van der Waals surface area contributed by atoms with Crippen LogP contribution in [0.1, 0.15) is 46.8 Å². The lowest BCUT2D eigenvalue weighted by atomic mass is 10.0. The van der Waals surface area contributed by atoms with Crippen molar-refractivity contribution in [2.75, 3.05) is 19.6 Å². The number of rotatable bonds is 5. The Kier molecular flexibility index (Phi) is 7.95. The first-order valence-electron chi connectivity index (χ1n) is 8.98. The third-order valence-corrected chi connectivity index (χ3v) is 5.21. The van der Waals surface area contributed by atoms with Crippen molar-refractivity contribution in [3.05, 3.63) is 70.2 Å². The normalized spacial score (nSPS) is 15.8. The topological polar surface area (TPSA) is 32.3 Å². The molecule has 0 bridgehead atoms. The van der Waals surface area contributed by atoms with E-state index in [0.717, 1.165) is 29.2 Å². The number of hydrogen-bond donors (Lipinski definition) is 1. The van der Waals surface area contributed by atoms with Gasteiger partial charge in [0.2, 0.25) is 0 Å². The average Bonchev–Trinajstić information content (AvgIpc) is 2.64. The zero-order chi connectivity index (χ0) is 17.6. The van der Waals surface area contributed by atoms with Gasteiger partial charge >= 0.3 is 0 Å². The number of benzene rings is 2. The van der Waals surface area contributed by atoms with Crippen molar-refractivity contribution in [1.29, 1.82) is 0 Å². The molecule has 1 N–H and O–H groups in total. The summed E-state index contributed by atoms with van der Waals surface area (Å²) in [5, 5.41) is 3.87. The van der Waals surface area contributed by atoms with Crippen LogP contribution in [-0.4, -0.2) is 30.4 Å². The highest BCUT2D eigenvalue weighted by Gasteiger charge is 2.24. The largest absolute Gasteiger partial charge is 0.350 e. The zero-order valence-corrected chi connectivity index (χ0v) is 16.7. The van der Waals surface area contributed by atoms with Gasteiger partial charge in [-0.2, -0.15) is 0 Å². The maximum Gasteiger partial charge on any atom is 0.251 e. The Morgan fingerprint density at radius 1 is 1.08 bits per heavy atom. The van der Waals surface area contributed by atoms with Gasteiger partial charge in [0.15, 0.2) is 0 Å². The molecule has 0 spiro atoms. The molecule has 1 aliphatic heterocycles. The molecule has 3 rings (SSSR count). The molecule has 0 radical (unpaired) electrons. The molecule has 5 heteroatoms. The maximum absolute atomic E-state index is 12.5. The Labute approximate surface area is 167 Å². The van der Waals surface area contributed by atoms with E-state index in [-0.39, 0.29) is 24.4 Å². The lowest BCUT2D eigenvalue weighted by molar-refractivity contribution is 0.0924. The van der Waals surface area contributed by atoms with Crippen LogP contribution >= 0.6 is 24.0 Å². The summed E-state index contributed by atoms with van der Waals surface area (Å²) in [5.41, 5.74) is 2.94. The van der Waals surface area contributed by atoms with Crippen molar-refractivity contribution in [2.24, 2.45) is 0 Å². The molecule has 26 heavy (non-hydrogen) atoms. The van der Waals surface area contributed by atoms with E-state index in [1.807, 2.05) is 49.4 Å². The Hall–Kier alpha value is -1.55. The molecular weight excluding hydrogens is 367 g/mol. The van der Waals surface area contributed by atoms with Crippen LogP contribution in [0.5, 0.6) is 0 Å². The van der Waals surface area contributed by atoms with E-state index >= 15 is 0 Å². The van der Waals surface area contributed by atoms with Crippen LogP contribution in [0.15, 0.2) is 48.5 Å². The van der Waals surface area contributed by atoms with Gasteiger partial charge in [-0.25, -0.2) is 0 Å². The van der Waals surface area contributed by atoms with Gasteiger partial charge in [-0.15, -0.1) is 12.4 Å². The Balaban J connectivity index is 0.00000243. The SMILES string of the molecule is Cc1ccc(C(=O)NCC(c2ccccc2Cl)N2CCCCC2)cc1.Cl. The maximum atomic E-state index is 12.5. The van der Waals surface area contributed by atoms with Gasteiger partial charge in [-0.3, -0.25) is 9.69 Å². The minimum atomic E-state index is -0.0333. The highest BCUT2D eigenvalue weighted by Crippen LogP contribution is 2.29. The van der Waals surface area contributed by atoms with E-state index in [2.05, 4.69) is 16.3 Å². The second-order valence-corrected chi connectivity index (χ2v) is 7.12. The van der Waals surface area contributed by atoms with Gasteiger partial charge < -0.3 is 5.32 Å². The first kappa shape index (κ1) is 20.8. The van der Waals surface area contributed by atoms with Crippen LogP contribution in [0.2, 0.25) is 5.02 Å². The molecule has 1 aliphatic rings. The van der Waals surface area contributed by atoms with Crippen LogP contribution < -0.4 is 5.32 Å². The molecule has 0 aliphatic carbocycles. The Morgan fingerprint density at radius 2 is 1.73 bits per heavy atom. The van der Waals surface area contributed by atoms with Crippen molar-refractivity contribution < 1.29 is 4.79 Å². The summed E-state index contributed by atoms with van der Waals surface area (Å²) >= 11 is 6.45. The highest BCUT2D eigenvalue weighted by molar-refractivity contribution is 6.31. The van der Waals surface area contributed by atoms with E-state index in [0.29, 0.717) is 12.1 Å². The van der Waals surface area contributed by atoms with Gasteiger partial charge in [-0.05, 0) is 56.6 Å². The van der Waals surface area contributed by atoms with Crippen molar-refractivity contribution in [3.63, 3.8) is 0 Å². The molecule has 1 heterocycles. The van der Waals surface area contributed by atoms with Crippen molar-refractivity contribution in [2.45, 2.75) is 32.2 Å². The van der Waals surface area contributed by atoms with Crippen LogP contribution in [0.25, 0.3) is 0 Å². The highest BCUT2D eigenvalue weighted by atomic mass is 35.5. The van der Waals surface area contributed by atoms with Crippen LogP contribution in [0.3, 0.4) is 0 Å². The summed E-state index contributed by atoms with van der Waals surface area (Å²) in [6, 6.07) is 15.7. The summed E-state index contributed by atoms with van der Waals surface area (Å²) < 4.78 is 0. The van der Waals surface area contributed by atoms with Gasteiger partial charge in [0, 0.05) is 17.1 Å². The monoisotopic (exact) mass is 392 g/mol. The van der Waals surface area contributed by atoms with Crippen molar-refractivity contribution in [3.8, 4) is 0 Å². The van der Waals surface area contributed by atoms with Gasteiger partial charge in [0.1, 0.15) is 0 Å². The van der Waals surface area contributed by atoms with E-state index in [9.17, 15) is 4.79 Å². The Morgan fingerprint density at radius 3 is 2.38 bits per heavy atom. The second-order valence-electron chi connectivity index (χ2n) is 6.71. The third-order valence-electron chi connectivity index (χ3n) is 4.87. The summed E-state index contributed by atoms with van der Waals surface area (Å²) in [4.78, 5) is 14.9. The van der Waals surface area contributed by atoms with Gasteiger partial charge in [0.05, 0.1) is 6.04 Å². The number of carbonyl (C=O) groups is 1. The second kappa shape index (κ2) is 9.96. The number of likely N-dealkylation sites (tertiary alicyclic amines) is 1. The summed E-state index contributed by atoms with van der Waals surface area (Å²) in [6.07, 6.45) is 3.68. The molecule has 2 aromatic rings.